The Hall–Kier alpha value is -3.65. The summed E-state index contributed by atoms with van der Waals surface area (Å²) in [6.45, 7) is 1.75. The lowest BCUT2D eigenvalue weighted by Gasteiger charge is -2.14. The number of nitrogens with zero attached hydrogens (tertiary/aromatic N) is 3. The van der Waals surface area contributed by atoms with E-state index >= 15 is 0 Å². The quantitative estimate of drug-likeness (QED) is 0.343. The van der Waals surface area contributed by atoms with E-state index in [-0.39, 0.29) is 17.3 Å². The van der Waals surface area contributed by atoms with Gasteiger partial charge in [0, 0.05) is 11.3 Å². The number of hydrogen-bond acceptors (Lipinski definition) is 5. The molecule has 8 heteroatoms. The van der Waals surface area contributed by atoms with E-state index in [1.165, 1.54) is 10.7 Å². The molecule has 3 aromatic carbocycles. The normalized spacial score (nSPS) is 11.8. The van der Waals surface area contributed by atoms with E-state index in [1.807, 2.05) is 54.6 Å². The van der Waals surface area contributed by atoms with Gasteiger partial charge in [-0.15, -0.1) is 10.2 Å². The van der Waals surface area contributed by atoms with E-state index in [2.05, 4.69) is 15.5 Å². The van der Waals surface area contributed by atoms with Crippen molar-refractivity contribution in [2.75, 3.05) is 11.2 Å². The van der Waals surface area contributed by atoms with Gasteiger partial charge in [-0.25, -0.2) is 9.07 Å². The molecule has 0 spiro atoms. The predicted molar refractivity (Wildman–Crippen MR) is 121 cm³/mol. The maximum absolute atomic E-state index is 14.1. The van der Waals surface area contributed by atoms with Crippen molar-refractivity contribution in [1.82, 2.24) is 14.9 Å². The van der Waals surface area contributed by atoms with Gasteiger partial charge in [-0.3, -0.25) is 4.79 Å². The summed E-state index contributed by atoms with van der Waals surface area (Å²) in [7, 11) is 0. The van der Waals surface area contributed by atoms with Crippen molar-refractivity contribution >= 4 is 23.4 Å². The first-order chi connectivity index (χ1) is 15.0. The second kappa shape index (κ2) is 9.01. The van der Waals surface area contributed by atoms with E-state index in [1.54, 1.807) is 25.1 Å². The molecule has 0 saturated heterocycles. The number of nitrogens with two attached hydrogens (primary N) is 1. The second-order valence-electron chi connectivity index (χ2n) is 6.82. The zero-order chi connectivity index (χ0) is 21.8. The van der Waals surface area contributed by atoms with E-state index in [0.717, 1.165) is 22.9 Å². The first-order valence-electron chi connectivity index (χ1n) is 9.62. The van der Waals surface area contributed by atoms with Crippen molar-refractivity contribution in [3.05, 3.63) is 84.7 Å². The van der Waals surface area contributed by atoms with Crippen LogP contribution < -0.4 is 11.2 Å². The number of hydrogen-bond donors (Lipinski definition) is 2. The van der Waals surface area contributed by atoms with Crippen LogP contribution in [-0.4, -0.2) is 26.0 Å². The van der Waals surface area contributed by atoms with Gasteiger partial charge < -0.3 is 11.2 Å². The smallest absolute Gasteiger partial charge is 0.237 e. The Morgan fingerprint density at radius 1 is 0.968 bits per heavy atom. The fourth-order valence-corrected chi connectivity index (χ4v) is 3.86. The van der Waals surface area contributed by atoms with Crippen LogP contribution in [-0.2, 0) is 4.79 Å². The van der Waals surface area contributed by atoms with Gasteiger partial charge in [0.05, 0.1) is 10.8 Å². The minimum absolute atomic E-state index is 0.197. The summed E-state index contributed by atoms with van der Waals surface area (Å²) in [4.78, 5) is 12.9. The molecular weight excluding hydrogens is 413 g/mol. The minimum Gasteiger partial charge on any atom is -0.335 e. The molecule has 1 atom stereocenters. The highest BCUT2D eigenvalue weighted by Crippen LogP contribution is 2.30. The third kappa shape index (κ3) is 4.44. The Labute approximate surface area is 183 Å². The standard InChI is InChI=1S/C23H20FN5OS/c1-15(31-23-28-27-21(29(23)25)18-12-5-7-13-19(18)24)22(30)26-20-14-8-6-11-17(20)16-9-3-2-4-10-16/h2-15H,25H2,1H3,(H,26,30). The van der Waals surface area contributed by atoms with Gasteiger partial charge in [0.1, 0.15) is 5.82 Å². The zero-order valence-electron chi connectivity index (χ0n) is 16.7. The molecule has 1 aromatic heterocycles. The third-order valence-corrected chi connectivity index (χ3v) is 5.76. The van der Waals surface area contributed by atoms with E-state index < -0.39 is 11.1 Å². The van der Waals surface area contributed by atoms with Gasteiger partial charge in [-0.2, -0.15) is 0 Å². The molecule has 0 bridgehead atoms. The molecule has 6 nitrogen and oxygen atoms in total. The topological polar surface area (TPSA) is 85.8 Å². The molecule has 0 aliphatic heterocycles. The summed E-state index contributed by atoms with van der Waals surface area (Å²) in [6, 6.07) is 23.6. The Bertz CT molecular complexity index is 1210. The Morgan fingerprint density at radius 2 is 1.61 bits per heavy atom. The molecule has 1 unspecified atom stereocenters. The number of halogens is 1. The SMILES string of the molecule is CC(Sc1nnc(-c2ccccc2F)n1N)C(=O)Nc1ccccc1-c1ccccc1. The molecule has 1 heterocycles. The summed E-state index contributed by atoms with van der Waals surface area (Å²) < 4.78 is 15.3. The summed E-state index contributed by atoms with van der Waals surface area (Å²) in [5, 5.41) is 10.8. The molecular formula is C23H20FN5OS. The van der Waals surface area contributed by atoms with Crippen LogP contribution in [0.2, 0.25) is 0 Å². The van der Waals surface area contributed by atoms with Crippen LogP contribution in [0, 0.1) is 5.82 Å². The van der Waals surface area contributed by atoms with Crippen LogP contribution in [0.25, 0.3) is 22.5 Å². The van der Waals surface area contributed by atoms with Crippen molar-refractivity contribution in [2.45, 2.75) is 17.3 Å². The largest absolute Gasteiger partial charge is 0.335 e. The molecule has 156 valence electrons. The highest BCUT2D eigenvalue weighted by atomic mass is 32.2. The van der Waals surface area contributed by atoms with Crippen LogP contribution in [0.5, 0.6) is 0 Å². The van der Waals surface area contributed by atoms with Crippen LogP contribution in [0.1, 0.15) is 6.92 Å². The molecule has 0 aliphatic rings. The Morgan fingerprint density at radius 3 is 2.35 bits per heavy atom. The Balaban J connectivity index is 1.51. The number of anilines is 1. The van der Waals surface area contributed by atoms with Crippen LogP contribution in [0.3, 0.4) is 0 Å². The first kappa shape index (κ1) is 20.6. The zero-order valence-corrected chi connectivity index (χ0v) is 17.5. The van der Waals surface area contributed by atoms with Crippen LogP contribution >= 0.6 is 11.8 Å². The van der Waals surface area contributed by atoms with Crippen molar-refractivity contribution in [3.63, 3.8) is 0 Å². The molecule has 0 aliphatic carbocycles. The second-order valence-corrected chi connectivity index (χ2v) is 8.12. The average molecular weight is 434 g/mol. The van der Waals surface area contributed by atoms with Gasteiger partial charge in [0.15, 0.2) is 5.82 Å². The summed E-state index contributed by atoms with van der Waals surface area (Å²) >= 11 is 1.15. The molecule has 0 fully saturated rings. The van der Waals surface area contributed by atoms with E-state index in [0.29, 0.717) is 10.8 Å². The lowest BCUT2D eigenvalue weighted by molar-refractivity contribution is -0.115. The Kier molecular flexibility index (Phi) is 5.99. The van der Waals surface area contributed by atoms with Gasteiger partial charge >= 0.3 is 0 Å². The van der Waals surface area contributed by atoms with Crippen LogP contribution in [0.15, 0.2) is 84.0 Å². The molecule has 0 radical (unpaired) electrons. The highest BCUT2D eigenvalue weighted by molar-refractivity contribution is 8.00. The average Bonchev–Trinajstić information content (AvgIpc) is 3.15. The number of benzene rings is 3. The fraction of sp³-hybridized carbons (Fsp3) is 0.0870. The number of aromatic nitrogens is 3. The molecule has 4 aromatic rings. The maximum Gasteiger partial charge on any atom is 0.237 e. The molecule has 31 heavy (non-hydrogen) atoms. The molecule has 3 N–H and O–H groups in total. The third-order valence-electron chi connectivity index (χ3n) is 4.70. The molecule has 4 rings (SSSR count). The number of thioether (sulfide) groups is 1. The summed E-state index contributed by atoms with van der Waals surface area (Å²) in [5.41, 5.74) is 2.90. The monoisotopic (exact) mass is 433 g/mol. The van der Waals surface area contributed by atoms with Crippen molar-refractivity contribution in [1.29, 1.82) is 0 Å². The van der Waals surface area contributed by atoms with Crippen molar-refractivity contribution < 1.29 is 9.18 Å². The lowest BCUT2D eigenvalue weighted by Crippen LogP contribution is -2.24. The summed E-state index contributed by atoms with van der Waals surface area (Å²) in [6.07, 6.45) is 0. The van der Waals surface area contributed by atoms with Gasteiger partial charge in [0.2, 0.25) is 11.1 Å². The highest BCUT2D eigenvalue weighted by Gasteiger charge is 2.21. The summed E-state index contributed by atoms with van der Waals surface area (Å²) in [5.74, 6) is 5.63. The fourth-order valence-electron chi connectivity index (χ4n) is 3.09. The van der Waals surface area contributed by atoms with Crippen LogP contribution in [0.4, 0.5) is 10.1 Å². The minimum atomic E-state index is -0.510. The number of para-hydroxylation sites is 1. The number of amides is 1. The van der Waals surface area contributed by atoms with E-state index in [4.69, 9.17) is 5.84 Å². The molecule has 0 saturated carbocycles. The van der Waals surface area contributed by atoms with Gasteiger partial charge in [-0.1, -0.05) is 72.4 Å². The number of nitrogens with one attached hydrogen (secondary N) is 1. The maximum atomic E-state index is 14.1. The predicted octanol–water partition coefficient (Wildman–Crippen LogP) is 4.58. The van der Waals surface area contributed by atoms with Gasteiger partial charge in [-0.05, 0) is 30.7 Å². The first-order valence-corrected chi connectivity index (χ1v) is 10.5. The number of carbonyl (C=O) groups excluding carboxylic acids is 1. The van der Waals surface area contributed by atoms with Crippen molar-refractivity contribution in [3.8, 4) is 22.5 Å². The van der Waals surface area contributed by atoms with Gasteiger partial charge in [0.25, 0.3) is 0 Å². The van der Waals surface area contributed by atoms with E-state index in [9.17, 15) is 9.18 Å². The van der Waals surface area contributed by atoms with Crippen molar-refractivity contribution in [2.24, 2.45) is 0 Å². The number of nitrogen functional groups attached to an aromatic ring is 1. The molecule has 1 amide bonds. The number of rotatable bonds is 6. The number of carbonyl (C=O) groups is 1. The lowest BCUT2D eigenvalue weighted by atomic mass is 10.0.